The van der Waals surface area contributed by atoms with Crippen molar-refractivity contribution in [1.82, 2.24) is 4.90 Å². The van der Waals surface area contributed by atoms with E-state index in [1.807, 2.05) is 0 Å². The van der Waals surface area contributed by atoms with Crippen LogP contribution in [-0.2, 0) is 6.54 Å². The molecule has 0 radical (unpaired) electrons. The smallest absolute Gasteiger partial charge is 0.372 e. The molecule has 1 aromatic heterocycles. The fourth-order valence-corrected chi connectivity index (χ4v) is 2.38. The first kappa shape index (κ1) is 13.1. The Bertz CT molecular complexity index is 739. The first-order chi connectivity index (χ1) is 9.99. The van der Waals surface area contributed by atoms with Crippen LogP contribution in [-0.4, -0.2) is 27.8 Å². The van der Waals surface area contributed by atoms with E-state index in [9.17, 15) is 14.4 Å². The number of hydrogen-bond acceptors (Lipinski definition) is 4. The summed E-state index contributed by atoms with van der Waals surface area (Å²) in [5.41, 5.74) is 1.16. The predicted molar refractivity (Wildman–Crippen MR) is 71.1 cm³/mol. The second kappa shape index (κ2) is 4.59. The molecular formula is C15H11NO5. The lowest BCUT2D eigenvalue weighted by Crippen LogP contribution is -2.28. The summed E-state index contributed by atoms with van der Waals surface area (Å²) in [5.74, 6) is -1.90. The number of carbonyl (C=O) groups is 3. The first-order valence-electron chi connectivity index (χ1n) is 6.27. The Balaban J connectivity index is 1.90. The van der Waals surface area contributed by atoms with E-state index in [4.69, 9.17) is 9.52 Å². The Labute approximate surface area is 119 Å². The highest BCUT2D eigenvalue weighted by Crippen LogP contribution is 2.25. The molecule has 1 aliphatic heterocycles. The van der Waals surface area contributed by atoms with Crippen molar-refractivity contribution in [2.75, 3.05) is 0 Å². The fourth-order valence-electron chi connectivity index (χ4n) is 2.38. The molecule has 6 nitrogen and oxygen atoms in total. The normalized spacial score (nSPS) is 13.7. The molecule has 0 spiro atoms. The summed E-state index contributed by atoms with van der Waals surface area (Å²) >= 11 is 0. The average Bonchev–Trinajstić information content (AvgIpc) is 2.94. The Hall–Kier alpha value is -2.89. The van der Waals surface area contributed by atoms with Gasteiger partial charge in [0.25, 0.3) is 11.8 Å². The van der Waals surface area contributed by atoms with Crippen LogP contribution in [0, 0.1) is 6.92 Å². The number of furan rings is 1. The van der Waals surface area contributed by atoms with Crippen molar-refractivity contribution in [2.45, 2.75) is 13.5 Å². The van der Waals surface area contributed by atoms with Crippen molar-refractivity contribution in [1.29, 1.82) is 0 Å². The molecule has 0 aliphatic carbocycles. The van der Waals surface area contributed by atoms with E-state index in [1.165, 1.54) is 6.07 Å². The van der Waals surface area contributed by atoms with Crippen LogP contribution in [0.3, 0.4) is 0 Å². The zero-order valence-corrected chi connectivity index (χ0v) is 11.1. The molecule has 106 valence electrons. The molecule has 2 heterocycles. The maximum absolute atomic E-state index is 12.2. The van der Waals surface area contributed by atoms with Gasteiger partial charge in [-0.1, -0.05) is 12.1 Å². The molecule has 0 saturated carbocycles. The Morgan fingerprint density at radius 2 is 1.76 bits per heavy atom. The van der Waals surface area contributed by atoms with Crippen LogP contribution < -0.4 is 0 Å². The van der Waals surface area contributed by atoms with Crippen LogP contribution in [0.1, 0.15) is 42.6 Å². The second-order valence-electron chi connectivity index (χ2n) is 4.77. The summed E-state index contributed by atoms with van der Waals surface area (Å²) in [7, 11) is 0. The van der Waals surface area contributed by atoms with Crippen molar-refractivity contribution in [3.63, 3.8) is 0 Å². The molecule has 1 aliphatic rings. The van der Waals surface area contributed by atoms with Crippen molar-refractivity contribution < 1.29 is 23.9 Å². The number of benzene rings is 1. The average molecular weight is 285 g/mol. The third-order valence-electron chi connectivity index (χ3n) is 3.36. The van der Waals surface area contributed by atoms with Gasteiger partial charge in [0.05, 0.1) is 17.7 Å². The van der Waals surface area contributed by atoms with Crippen molar-refractivity contribution in [3.05, 3.63) is 58.5 Å². The van der Waals surface area contributed by atoms with Crippen LogP contribution in [0.4, 0.5) is 0 Å². The van der Waals surface area contributed by atoms with Crippen LogP contribution in [0.15, 0.2) is 34.7 Å². The van der Waals surface area contributed by atoms with Gasteiger partial charge < -0.3 is 9.52 Å². The third-order valence-corrected chi connectivity index (χ3v) is 3.36. The van der Waals surface area contributed by atoms with Gasteiger partial charge in [0, 0.05) is 5.56 Å². The number of hydrogen-bond donors (Lipinski definition) is 1. The van der Waals surface area contributed by atoms with E-state index in [0.29, 0.717) is 16.7 Å². The number of imide groups is 1. The largest absolute Gasteiger partial charge is 0.475 e. The molecule has 1 aromatic carbocycles. The quantitative estimate of drug-likeness (QED) is 0.872. The summed E-state index contributed by atoms with van der Waals surface area (Å²) in [5, 5.41) is 8.94. The summed E-state index contributed by atoms with van der Waals surface area (Å²) in [4.78, 5) is 36.4. The number of aromatic carboxylic acids is 1. The molecule has 0 fully saturated rings. The Kier molecular flexibility index (Phi) is 2.86. The van der Waals surface area contributed by atoms with Crippen molar-refractivity contribution in [3.8, 4) is 0 Å². The number of aryl methyl sites for hydroxylation is 1. The minimum atomic E-state index is -1.18. The number of amides is 2. The SMILES string of the molecule is Cc1cc(CN2C(=O)c3ccccc3C2=O)oc1C(=O)O. The number of carboxylic acid groups (broad SMARTS) is 1. The van der Waals surface area contributed by atoms with E-state index >= 15 is 0 Å². The maximum Gasteiger partial charge on any atom is 0.372 e. The van der Waals surface area contributed by atoms with Crippen molar-refractivity contribution in [2.24, 2.45) is 0 Å². The summed E-state index contributed by atoms with van der Waals surface area (Å²) in [6.07, 6.45) is 0. The van der Waals surface area contributed by atoms with Gasteiger partial charge in [0.15, 0.2) is 0 Å². The molecule has 1 N–H and O–H groups in total. The number of carboxylic acids is 1. The van der Waals surface area contributed by atoms with Gasteiger partial charge in [0.2, 0.25) is 5.76 Å². The van der Waals surface area contributed by atoms with E-state index in [1.54, 1.807) is 31.2 Å². The highest BCUT2D eigenvalue weighted by molar-refractivity contribution is 6.21. The second-order valence-corrected chi connectivity index (χ2v) is 4.77. The third kappa shape index (κ3) is 2.01. The van der Waals surface area contributed by atoms with Gasteiger partial charge in [-0.25, -0.2) is 4.79 Å². The summed E-state index contributed by atoms with van der Waals surface area (Å²) in [6, 6.07) is 8.07. The lowest BCUT2D eigenvalue weighted by molar-refractivity contribution is 0.0627. The molecule has 0 unspecified atom stereocenters. The minimum Gasteiger partial charge on any atom is -0.475 e. The van der Waals surface area contributed by atoms with Gasteiger partial charge in [0.1, 0.15) is 5.76 Å². The first-order valence-corrected chi connectivity index (χ1v) is 6.27. The minimum absolute atomic E-state index is 0.0829. The molecule has 0 atom stereocenters. The van der Waals surface area contributed by atoms with Crippen LogP contribution >= 0.6 is 0 Å². The Morgan fingerprint density at radius 1 is 1.19 bits per heavy atom. The number of nitrogens with zero attached hydrogens (tertiary/aromatic N) is 1. The topological polar surface area (TPSA) is 87.8 Å². The molecule has 3 rings (SSSR count). The zero-order chi connectivity index (χ0) is 15.1. The van der Waals surface area contributed by atoms with Gasteiger partial charge in [-0.15, -0.1) is 0 Å². The highest BCUT2D eigenvalue weighted by Gasteiger charge is 2.35. The maximum atomic E-state index is 12.2. The zero-order valence-electron chi connectivity index (χ0n) is 11.1. The van der Waals surface area contributed by atoms with Crippen LogP contribution in [0.2, 0.25) is 0 Å². The lowest BCUT2D eigenvalue weighted by atomic mass is 10.1. The number of fused-ring (bicyclic) bond motifs is 1. The molecule has 6 heteroatoms. The molecule has 0 saturated heterocycles. The fraction of sp³-hybridized carbons (Fsp3) is 0.133. The van der Waals surface area contributed by atoms with Crippen LogP contribution in [0.5, 0.6) is 0 Å². The van der Waals surface area contributed by atoms with Crippen LogP contribution in [0.25, 0.3) is 0 Å². The molecule has 2 amide bonds. The van der Waals surface area contributed by atoms with E-state index in [2.05, 4.69) is 0 Å². The number of rotatable bonds is 3. The molecule has 21 heavy (non-hydrogen) atoms. The molecule has 0 bridgehead atoms. The van der Waals surface area contributed by atoms with Gasteiger partial charge in [-0.3, -0.25) is 14.5 Å². The predicted octanol–water partition coefficient (Wildman–Crippen LogP) is 2.08. The van der Waals surface area contributed by atoms with E-state index in [-0.39, 0.29) is 18.1 Å². The lowest BCUT2D eigenvalue weighted by Gasteiger charge is -2.11. The summed E-state index contributed by atoms with van der Waals surface area (Å²) in [6.45, 7) is 1.51. The summed E-state index contributed by atoms with van der Waals surface area (Å²) < 4.78 is 5.19. The van der Waals surface area contributed by atoms with Gasteiger partial charge in [-0.05, 0) is 25.1 Å². The van der Waals surface area contributed by atoms with Gasteiger partial charge >= 0.3 is 5.97 Å². The molecular weight excluding hydrogens is 274 g/mol. The van der Waals surface area contributed by atoms with E-state index in [0.717, 1.165) is 4.90 Å². The monoisotopic (exact) mass is 285 g/mol. The standard InChI is InChI=1S/C15H11NO5/c1-8-6-9(21-12(8)15(19)20)7-16-13(17)10-4-2-3-5-11(10)14(16)18/h2-6H,7H2,1H3,(H,19,20). The highest BCUT2D eigenvalue weighted by atomic mass is 16.4. The van der Waals surface area contributed by atoms with Crippen molar-refractivity contribution >= 4 is 17.8 Å². The Morgan fingerprint density at radius 3 is 2.24 bits per heavy atom. The molecule has 2 aromatic rings. The number of carbonyl (C=O) groups excluding carboxylic acids is 2. The van der Waals surface area contributed by atoms with E-state index < -0.39 is 17.8 Å². The van der Waals surface area contributed by atoms with Gasteiger partial charge in [-0.2, -0.15) is 0 Å².